The standard InChI is InChI=1S/C13H13ClN2O2S/c1-7-6-19-12(15-7)8(2)16-10-5-3-4-9(14)11(10)13(17)18/h3-6,8,16H,1-2H3,(H,17,18). The molecule has 100 valence electrons. The van der Waals surface area contributed by atoms with E-state index >= 15 is 0 Å². The summed E-state index contributed by atoms with van der Waals surface area (Å²) in [6.45, 7) is 3.86. The summed E-state index contributed by atoms with van der Waals surface area (Å²) >= 11 is 7.47. The lowest BCUT2D eigenvalue weighted by molar-refractivity contribution is 0.0698. The predicted molar refractivity (Wildman–Crippen MR) is 77.3 cm³/mol. The van der Waals surface area contributed by atoms with Crippen LogP contribution in [0, 0.1) is 6.92 Å². The summed E-state index contributed by atoms with van der Waals surface area (Å²) < 4.78 is 0. The Bertz CT molecular complexity index is 612. The van der Waals surface area contributed by atoms with E-state index in [1.807, 2.05) is 19.2 Å². The molecular weight excluding hydrogens is 284 g/mol. The number of carboxylic acids is 1. The molecule has 0 aliphatic rings. The summed E-state index contributed by atoms with van der Waals surface area (Å²) in [7, 11) is 0. The molecular formula is C13H13ClN2O2S. The number of aromatic carboxylic acids is 1. The van der Waals surface area contributed by atoms with Gasteiger partial charge in [-0.2, -0.15) is 0 Å². The normalized spacial score (nSPS) is 12.2. The lowest BCUT2D eigenvalue weighted by atomic mass is 10.1. The summed E-state index contributed by atoms with van der Waals surface area (Å²) in [5, 5.41) is 15.4. The molecule has 0 spiro atoms. The third-order valence-electron chi connectivity index (χ3n) is 2.61. The highest BCUT2D eigenvalue weighted by Crippen LogP contribution is 2.28. The first-order valence-corrected chi connectivity index (χ1v) is 6.95. The summed E-state index contributed by atoms with van der Waals surface area (Å²) in [5.41, 5.74) is 1.54. The smallest absolute Gasteiger partial charge is 0.339 e. The van der Waals surface area contributed by atoms with Gasteiger partial charge in [0.2, 0.25) is 0 Å². The van der Waals surface area contributed by atoms with E-state index in [9.17, 15) is 9.90 Å². The van der Waals surface area contributed by atoms with Crippen LogP contribution in [0.25, 0.3) is 0 Å². The van der Waals surface area contributed by atoms with Crippen molar-refractivity contribution in [1.82, 2.24) is 4.98 Å². The van der Waals surface area contributed by atoms with Gasteiger partial charge in [0.1, 0.15) is 10.6 Å². The Hall–Kier alpha value is -1.59. The topological polar surface area (TPSA) is 62.2 Å². The Morgan fingerprint density at radius 3 is 2.84 bits per heavy atom. The number of anilines is 1. The second-order valence-electron chi connectivity index (χ2n) is 4.16. The lowest BCUT2D eigenvalue weighted by Crippen LogP contribution is -2.11. The van der Waals surface area contributed by atoms with Gasteiger partial charge in [-0.15, -0.1) is 11.3 Å². The third-order valence-corrected chi connectivity index (χ3v) is 4.07. The molecule has 1 atom stereocenters. The van der Waals surface area contributed by atoms with Crippen molar-refractivity contribution in [1.29, 1.82) is 0 Å². The zero-order valence-electron chi connectivity index (χ0n) is 10.5. The Labute approximate surface area is 120 Å². The predicted octanol–water partition coefficient (Wildman–Crippen LogP) is 3.98. The molecule has 2 rings (SSSR count). The zero-order chi connectivity index (χ0) is 14.0. The monoisotopic (exact) mass is 296 g/mol. The minimum Gasteiger partial charge on any atom is -0.478 e. The highest BCUT2D eigenvalue weighted by molar-refractivity contribution is 7.09. The van der Waals surface area contributed by atoms with E-state index in [-0.39, 0.29) is 16.6 Å². The molecule has 0 saturated carbocycles. The molecule has 6 heteroatoms. The number of benzene rings is 1. The van der Waals surface area contributed by atoms with Crippen LogP contribution in [0.2, 0.25) is 5.02 Å². The first kappa shape index (κ1) is 13.8. The maximum absolute atomic E-state index is 11.2. The quantitative estimate of drug-likeness (QED) is 0.896. The van der Waals surface area contributed by atoms with Crippen molar-refractivity contribution in [3.8, 4) is 0 Å². The highest BCUT2D eigenvalue weighted by atomic mass is 35.5. The second-order valence-corrected chi connectivity index (χ2v) is 5.46. The molecule has 1 aromatic heterocycles. The van der Waals surface area contributed by atoms with Crippen molar-refractivity contribution in [2.24, 2.45) is 0 Å². The van der Waals surface area contributed by atoms with Crippen LogP contribution in [-0.2, 0) is 0 Å². The minimum absolute atomic E-state index is 0.0738. The molecule has 0 aliphatic carbocycles. The van der Waals surface area contributed by atoms with Gasteiger partial charge in [0, 0.05) is 11.1 Å². The van der Waals surface area contributed by atoms with E-state index in [4.69, 9.17) is 11.6 Å². The van der Waals surface area contributed by atoms with Gasteiger partial charge in [-0.25, -0.2) is 9.78 Å². The van der Waals surface area contributed by atoms with Crippen LogP contribution in [0.5, 0.6) is 0 Å². The van der Waals surface area contributed by atoms with Gasteiger partial charge in [0.25, 0.3) is 0 Å². The lowest BCUT2D eigenvalue weighted by Gasteiger charge is -2.15. The van der Waals surface area contributed by atoms with Crippen molar-refractivity contribution in [3.63, 3.8) is 0 Å². The Kier molecular flexibility index (Phi) is 4.07. The van der Waals surface area contributed by atoms with E-state index in [1.165, 1.54) is 0 Å². The van der Waals surface area contributed by atoms with Crippen molar-refractivity contribution in [2.45, 2.75) is 19.9 Å². The van der Waals surface area contributed by atoms with Crippen LogP contribution in [0.4, 0.5) is 5.69 Å². The van der Waals surface area contributed by atoms with Crippen LogP contribution in [-0.4, -0.2) is 16.1 Å². The first-order valence-electron chi connectivity index (χ1n) is 5.69. The van der Waals surface area contributed by atoms with E-state index in [2.05, 4.69) is 10.3 Å². The molecule has 1 unspecified atom stereocenters. The molecule has 0 radical (unpaired) electrons. The fourth-order valence-corrected chi connectivity index (χ4v) is 2.79. The van der Waals surface area contributed by atoms with Gasteiger partial charge in [-0.3, -0.25) is 0 Å². The van der Waals surface area contributed by atoms with E-state index < -0.39 is 5.97 Å². The average Bonchev–Trinajstić information content (AvgIpc) is 2.75. The van der Waals surface area contributed by atoms with Crippen LogP contribution in [0.1, 0.15) is 34.0 Å². The molecule has 2 aromatic rings. The Morgan fingerprint density at radius 1 is 1.53 bits per heavy atom. The number of carbonyl (C=O) groups is 1. The van der Waals surface area contributed by atoms with Gasteiger partial charge in [0.15, 0.2) is 0 Å². The molecule has 0 fully saturated rings. The van der Waals surface area contributed by atoms with Crippen molar-refractivity contribution >= 4 is 34.6 Å². The molecule has 1 aromatic carbocycles. The van der Waals surface area contributed by atoms with E-state index in [0.717, 1.165) is 10.7 Å². The third kappa shape index (κ3) is 3.05. The van der Waals surface area contributed by atoms with Crippen LogP contribution >= 0.6 is 22.9 Å². The van der Waals surface area contributed by atoms with Gasteiger partial charge >= 0.3 is 5.97 Å². The number of aryl methyl sites for hydroxylation is 1. The number of hydrogen-bond donors (Lipinski definition) is 2. The highest BCUT2D eigenvalue weighted by Gasteiger charge is 2.17. The number of nitrogens with zero attached hydrogens (tertiary/aromatic N) is 1. The minimum atomic E-state index is -1.05. The van der Waals surface area contributed by atoms with Crippen molar-refractivity contribution < 1.29 is 9.90 Å². The summed E-state index contributed by atoms with van der Waals surface area (Å²) in [6.07, 6.45) is 0. The SMILES string of the molecule is Cc1csc(C(C)Nc2cccc(Cl)c2C(=O)O)n1. The summed E-state index contributed by atoms with van der Waals surface area (Å²) in [5.74, 6) is -1.05. The molecule has 0 aliphatic heterocycles. The number of rotatable bonds is 4. The van der Waals surface area contributed by atoms with E-state index in [0.29, 0.717) is 5.69 Å². The zero-order valence-corrected chi connectivity index (χ0v) is 12.0. The van der Waals surface area contributed by atoms with Crippen LogP contribution in [0.3, 0.4) is 0 Å². The summed E-state index contributed by atoms with van der Waals surface area (Å²) in [6, 6.07) is 4.91. The maximum atomic E-state index is 11.2. The number of thiazole rings is 1. The molecule has 4 nitrogen and oxygen atoms in total. The van der Waals surface area contributed by atoms with Crippen molar-refractivity contribution in [3.05, 3.63) is 44.9 Å². The number of halogens is 1. The van der Waals surface area contributed by atoms with Crippen LogP contribution < -0.4 is 5.32 Å². The molecule has 2 N–H and O–H groups in total. The van der Waals surface area contributed by atoms with E-state index in [1.54, 1.807) is 29.5 Å². The second kappa shape index (κ2) is 5.59. The van der Waals surface area contributed by atoms with Crippen LogP contribution in [0.15, 0.2) is 23.6 Å². The molecule has 1 heterocycles. The van der Waals surface area contributed by atoms with Gasteiger partial charge in [-0.1, -0.05) is 17.7 Å². The Morgan fingerprint density at radius 2 is 2.26 bits per heavy atom. The molecule has 19 heavy (non-hydrogen) atoms. The summed E-state index contributed by atoms with van der Waals surface area (Å²) in [4.78, 5) is 15.6. The average molecular weight is 297 g/mol. The van der Waals surface area contributed by atoms with Gasteiger partial charge in [-0.05, 0) is 26.0 Å². The number of carboxylic acid groups (broad SMARTS) is 1. The number of aromatic nitrogens is 1. The van der Waals surface area contributed by atoms with Crippen molar-refractivity contribution in [2.75, 3.05) is 5.32 Å². The first-order chi connectivity index (χ1) is 8.99. The largest absolute Gasteiger partial charge is 0.478 e. The van der Waals surface area contributed by atoms with Gasteiger partial charge in [0.05, 0.1) is 16.8 Å². The molecule has 0 saturated heterocycles. The fraction of sp³-hybridized carbons (Fsp3) is 0.231. The molecule has 0 amide bonds. The molecule has 0 bridgehead atoms. The van der Waals surface area contributed by atoms with Gasteiger partial charge < -0.3 is 10.4 Å². The fourth-order valence-electron chi connectivity index (χ4n) is 1.73. The number of hydrogen-bond acceptors (Lipinski definition) is 4. The number of nitrogens with one attached hydrogen (secondary N) is 1. The maximum Gasteiger partial charge on any atom is 0.339 e. The Balaban J connectivity index is 2.28.